The van der Waals surface area contributed by atoms with Crippen molar-refractivity contribution in [2.75, 3.05) is 30.8 Å². The van der Waals surface area contributed by atoms with Crippen LogP contribution in [-0.4, -0.2) is 43.0 Å². The number of anilines is 2. The van der Waals surface area contributed by atoms with E-state index in [1.165, 1.54) is 6.92 Å². The molecule has 1 atom stereocenters. The predicted molar refractivity (Wildman–Crippen MR) is 103 cm³/mol. The Hall–Kier alpha value is -2.86. The minimum absolute atomic E-state index is 0.118. The minimum atomic E-state index is -0.321. The Morgan fingerprint density at radius 3 is 2.35 bits per heavy atom. The van der Waals surface area contributed by atoms with Gasteiger partial charge in [0.05, 0.1) is 6.04 Å². The quantitative estimate of drug-likeness (QED) is 0.764. The molecular formula is C20H25N3O3. The van der Waals surface area contributed by atoms with Crippen LogP contribution >= 0.6 is 0 Å². The predicted octanol–water partition coefficient (Wildman–Crippen LogP) is 2.98. The van der Waals surface area contributed by atoms with E-state index in [0.29, 0.717) is 24.5 Å². The second-order valence-electron chi connectivity index (χ2n) is 6.07. The van der Waals surface area contributed by atoms with Gasteiger partial charge < -0.3 is 15.4 Å². The Morgan fingerprint density at radius 2 is 1.69 bits per heavy atom. The van der Waals surface area contributed by atoms with E-state index in [9.17, 15) is 9.59 Å². The summed E-state index contributed by atoms with van der Waals surface area (Å²) in [5.41, 5.74) is 1.29. The number of likely N-dealkylation sites (N-methyl/N-ethyl adjacent to an activating group) is 1. The van der Waals surface area contributed by atoms with Crippen LogP contribution in [0.25, 0.3) is 0 Å². The SMILES string of the molecule is CC(=O)Nc1cccc(NC(=O)C(C)N(C)CCOc2ccccc2)c1. The van der Waals surface area contributed by atoms with Gasteiger partial charge in [0.2, 0.25) is 11.8 Å². The van der Waals surface area contributed by atoms with Crippen LogP contribution in [0, 0.1) is 0 Å². The maximum absolute atomic E-state index is 12.4. The first-order chi connectivity index (χ1) is 12.5. The number of nitrogens with one attached hydrogen (secondary N) is 2. The van der Waals surface area contributed by atoms with E-state index in [2.05, 4.69) is 10.6 Å². The highest BCUT2D eigenvalue weighted by molar-refractivity contribution is 5.95. The van der Waals surface area contributed by atoms with Gasteiger partial charge in [-0.05, 0) is 44.3 Å². The molecule has 0 aromatic heterocycles. The summed E-state index contributed by atoms with van der Waals surface area (Å²) in [5, 5.41) is 5.57. The van der Waals surface area contributed by atoms with Crippen molar-refractivity contribution in [2.45, 2.75) is 19.9 Å². The third kappa shape index (κ3) is 6.22. The van der Waals surface area contributed by atoms with E-state index in [1.807, 2.05) is 49.2 Å². The summed E-state index contributed by atoms with van der Waals surface area (Å²) in [6.45, 7) is 4.40. The van der Waals surface area contributed by atoms with E-state index in [1.54, 1.807) is 24.3 Å². The van der Waals surface area contributed by atoms with Crippen molar-refractivity contribution in [3.8, 4) is 5.75 Å². The van der Waals surface area contributed by atoms with Gasteiger partial charge in [0.15, 0.2) is 0 Å². The third-order valence-electron chi connectivity index (χ3n) is 3.95. The Bertz CT molecular complexity index is 734. The summed E-state index contributed by atoms with van der Waals surface area (Å²) in [5.74, 6) is 0.542. The molecule has 26 heavy (non-hydrogen) atoms. The monoisotopic (exact) mass is 355 g/mol. The fraction of sp³-hybridized carbons (Fsp3) is 0.300. The van der Waals surface area contributed by atoms with Gasteiger partial charge in [0.1, 0.15) is 12.4 Å². The average molecular weight is 355 g/mol. The Kier molecular flexibility index (Phi) is 7.17. The van der Waals surface area contributed by atoms with Gasteiger partial charge >= 0.3 is 0 Å². The van der Waals surface area contributed by atoms with Crippen molar-refractivity contribution in [3.05, 3.63) is 54.6 Å². The Morgan fingerprint density at radius 1 is 1.04 bits per heavy atom. The minimum Gasteiger partial charge on any atom is -0.492 e. The second-order valence-corrected chi connectivity index (χ2v) is 6.07. The van der Waals surface area contributed by atoms with E-state index in [0.717, 1.165) is 5.75 Å². The third-order valence-corrected chi connectivity index (χ3v) is 3.95. The number of benzene rings is 2. The lowest BCUT2D eigenvalue weighted by Gasteiger charge is -2.24. The first-order valence-electron chi connectivity index (χ1n) is 8.52. The molecule has 0 aliphatic heterocycles. The lowest BCUT2D eigenvalue weighted by atomic mass is 10.2. The summed E-state index contributed by atoms with van der Waals surface area (Å²) in [7, 11) is 1.88. The molecule has 6 nitrogen and oxygen atoms in total. The zero-order chi connectivity index (χ0) is 18.9. The van der Waals surface area contributed by atoms with Gasteiger partial charge in [0, 0.05) is 24.8 Å². The number of carbonyl (C=O) groups is 2. The number of amides is 2. The lowest BCUT2D eigenvalue weighted by Crippen LogP contribution is -2.41. The molecule has 1 unspecified atom stereocenters. The fourth-order valence-electron chi connectivity index (χ4n) is 2.34. The van der Waals surface area contributed by atoms with Gasteiger partial charge in [-0.3, -0.25) is 14.5 Å². The molecule has 0 bridgehead atoms. The zero-order valence-electron chi connectivity index (χ0n) is 15.4. The van der Waals surface area contributed by atoms with Gasteiger partial charge in [-0.25, -0.2) is 0 Å². The summed E-state index contributed by atoms with van der Waals surface area (Å²) >= 11 is 0. The molecule has 6 heteroatoms. The molecule has 0 spiro atoms. The highest BCUT2D eigenvalue weighted by atomic mass is 16.5. The number of rotatable bonds is 8. The van der Waals surface area contributed by atoms with Crippen molar-refractivity contribution >= 4 is 23.2 Å². The summed E-state index contributed by atoms with van der Waals surface area (Å²) in [6, 6.07) is 16.3. The van der Waals surface area contributed by atoms with Crippen molar-refractivity contribution < 1.29 is 14.3 Å². The van der Waals surface area contributed by atoms with Crippen LogP contribution in [-0.2, 0) is 9.59 Å². The van der Waals surface area contributed by atoms with Gasteiger partial charge in [-0.1, -0.05) is 24.3 Å². The van der Waals surface area contributed by atoms with Gasteiger partial charge in [0.25, 0.3) is 0 Å². The summed E-state index contributed by atoms with van der Waals surface area (Å²) in [4.78, 5) is 25.5. The molecule has 2 aromatic rings. The van der Waals surface area contributed by atoms with Crippen LogP contribution in [0.4, 0.5) is 11.4 Å². The molecule has 0 radical (unpaired) electrons. The molecule has 0 saturated carbocycles. The zero-order valence-corrected chi connectivity index (χ0v) is 15.4. The number of carbonyl (C=O) groups excluding carboxylic acids is 2. The number of hydrogen-bond acceptors (Lipinski definition) is 4. The molecule has 2 N–H and O–H groups in total. The van der Waals surface area contributed by atoms with Crippen LogP contribution in [0.15, 0.2) is 54.6 Å². The molecule has 2 aromatic carbocycles. The van der Waals surface area contributed by atoms with Gasteiger partial charge in [-0.15, -0.1) is 0 Å². The number of para-hydroxylation sites is 1. The highest BCUT2D eigenvalue weighted by Gasteiger charge is 2.18. The molecule has 0 aliphatic rings. The van der Waals surface area contributed by atoms with E-state index in [-0.39, 0.29) is 17.9 Å². The van der Waals surface area contributed by atoms with Crippen LogP contribution in [0.1, 0.15) is 13.8 Å². The highest BCUT2D eigenvalue weighted by Crippen LogP contribution is 2.16. The van der Waals surface area contributed by atoms with E-state index < -0.39 is 0 Å². The number of nitrogens with zero attached hydrogens (tertiary/aromatic N) is 1. The van der Waals surface area contributed by atoms with E-state index in [4.69, 9.17) is 4.74 Å². The van der Waals surface area contributed by atoms with Gasteiger partial charge in [-0.2, -0.15) is 0 Å². The Balaban J connectivity index is 1.83. The first-order valence-corrected chi connectivity index (χ1v) is 8.52. The molecule has 2 rings (SSSR count). The van der Waals surface area contributed by atoms with Crippen LogP contribution in [0.5, 0.6) is 5.75 Å². The fourth-order valence-corrected chi connectivity index (χ4v) is 2.34. The molecule has 0 saturated heterocycles. The number of ether oxygens (including phenoxy) is 1. The maximum atomic E-state index is 12.4. The first kappa shape index (κ1) is 19.5. The molecule has 0 heterocycles. The normalized spacial score (nSPS) is 11.7. The Labute approximate surface area is 154 Å². The lowest BCUT2D eigenvalue weighted by molar-refractivity contribution is -0.120. The molecule has 138 valence electrons. The standard InChI is InChI=1S/C20H25N3O3/c1-15(23(3)12-13-26-19-10-5-4-6-11-19)20(25)22-18-9-7-8-17(14-18)21-16(2)24/h4-11,14-15H,12-13H2,1-3H3,(H,21,24)(H,22,25). The second kappa shape index (κ2) is 9.58. The molecule has 2 amide bonds. The van der Waals surface area contributed by atoms with Crippen LogP contribution < -0.4 is 15.4 Å². The summed E-state index contributed by atoms with van der Waals surface area (Å²) in [6.07, 6.45) is 0. The van der Waals surface area contributed by atoms with Crippen molar-refractivity contribution in [3.63, 3.8) is 0 Å². The topological polar surface area (TPSA) is 70.7 Å². The van der Waals surface area contributed by atoms with E-state index >= 15 is 0 Å². The van der Waals surface area contributed by atoms with Crippen molar-refractivity contribution in [1.82, 2.24) is 4.90 Å². The molecular weight excluding hydrogens is 330 g/mol. The number of hydrogen-bond donors (Lipinski definition) is 2. The van der Waals surface area contributed by atoms with Crippen LogP contribution in [0.2, 0.25) is 0 Å². The molecule has 0 fully saturated rings. The van der Waals surface area contributed by atoms with Crippen LogP contribution in [0.3, 0.4) is 0 Å². The van der Waals surface area contributed by atoms with Crippen molar-refractivity contribution in [1.29, 1.82) is 0 Å². The molecule has 0 aliphatic carbocycles. The average Bonchev–Trinajstić information content (AvgIpc) is 2.61. The largest absolute Gasteiger partial charge is 0.492 e. The van der Waals surface area contributed by atoms with Crippen molar-refractivity contribution in [2.24, 2.45) is 0 Å². The maximum Gasteiger partial charge on any atom is 0.241 e. The smallest absolute Gasteiger partial charge is 0.241 e. The summed E-state index contributed by atoms with van der Waals surface area (Å²) < 4.78 is 5.66.